The van der Waals surface area contributed by atoms with Crippen molar-refractivity contribution in [2.75, 3.05) is 13.2 Å². The Morgan fingerprint density at radius 2 is 1.86 bits per heavy atom. The Bertz CT molecular complexity index is 518. The van der Waals surface area contributed by atoms with E-state index in [-0.39, 0.29) is 0 Å². The van der Waals surface area contributed by atoms with Crippen LogP contribution in [0.3, 0.4) is 0 Å². The molecule has 2 heteroatoms. The van der Waals surface area contributed by atoms with Gasteiger partial charge >= 0.3 is 0 Å². The second-order valence-corrected chi connectivity index (χ2v) is 7.30. The van der Waals surface area contributed by atoms with Crippen LogP contribution in [0.2, 0.25) is 0 Å². The van der Waals surface area contributed by atoms with Crippen LogP contribution in [0.15, 0.2) is 42.0 Å². The van der Waals surface area contributed by atoms with Gasteiger partial charge in [-0.3, -0.25) is 4.90 Å². The summed E-state index contributed by atoms with van der Waals surface area (Å²) in [6.45, 7) is 2.84. The van der Waals surface area contributed by atoms with Crippen LogP contribution in [0.25, 0.3) is 0 Å². The molecule has 3 aliphatic rings. The van der Waals surface area contributed by atoms with E-state index in [0.717, 1.165) is 25.7 Å². The molecule has 0 aromatic heterocycles. The van der Waals surface area contributed by atoms with Crippen LogP contribution >= 0.6 is 0 Å². The monoisotopic (exact) mass is 297 g/mol. The van der Waals surface area contributed by atoms with E-state index < -0.39 is 0 Å². The van der Waals surface area contributed by atoms with Crippen molar-refractivity contribution in [2.45, 2.75) is 57.2 Å². The van der Waals surface area contributed by atoms with Crippen molar-refractivity contribution in [1.29, 1.82) is 0 Å². The van der Waals surface area contributed by atoms with E-state index in [1.54, 1.807) is 5.57 Å². The van der Waals surface area contributed by atoms with Crippen molar-refractivity contribution in [2.24, 2.45) is 5.92 Å². The lowest BCUT2D eigenvalue weighted by Gasteiger charge is -2.45. The summed E-state index contributed by atoms with van der Waals surface area (Å²) in [6.07, 6.45) is 10.9. The predicted octanol–water partition coefficient (Wildman–Crippen LogP) is 4.17. The first-order valence-corrected chi connectivity index (χ1v) is 8.95. The SMILES string of the molecule is C1=C(CC2CCCC2)CC2COCC1N2Cc1ccccc1. The molecule has 2 bridgehead atoms. The van der Waals surface area contributed by atoms with Gasteiger partial charge in [0.05, 0.1) is 19.3 Å². The molecular formula is C20H27NO. The van der Waals surface area contributed by atoms with E-state index in [0.29, 0.717) is 12.1 Å². The van der Waals surface area contributed by atoms with Gasteiger partial charge in [0.2, 0.25) is 0 Å². The number of ether oxygens (including phenoxy) is 1. The summed E-state index contributed by atoms with van der Waals surface area (Å²) >= 11 is 0. The molecule has 2 heterocycles. The molecule has 0 N–H and O–H groups in total. The molecule has 2 fully saturated rings. The molecule has 2 atom stereocenters. The van der Waals surface area contributed by atoms with Crippen molar-refractivity contribution >= 4 is 0 Å². The van der Waals surface area contributed by atoms with Gasteiger partial charge < -0.3 is 4.74 Å². The van der Waals surface area contributed by atoms with Gasteiger partial charge in [-0.2, -0.15) is 0 Å². The minimum atomic E-state index is 0.490. The summed E-state index contributed by atoms with van der Waals surface area (Å²) in [5.41, 5.74) is 3.14. The third-order valence-electron chi connectivity index (χ3n) is 5.65. The van der Waals surface area contributed by atoms with Crippen molar-refractivity contribution < 1.29 is 4.74 Å². The van der Waals surface area contributed by atoms with Crippen LogP contribution in [-0.4, -0.2) is 30.2 Å². The van der Waals surface area contributed by atoms with Crippen LogP contribution in [0.1, 0.15) is 44.1 Å². The van der Waals surface area contributed by atoms with Gasteiger partial charge in [0, 0.05) is 12.6 Å². The average molecular weight is 297 g/mol. The number of hydrogen-bond acceptors (Lipinski definition) is 2. The Hall–Kier alpha value is -1.12. The maximum absolute atomic E-state index is 5.84. The molecule has 118 valence electrons. The standard InChI is InChI=1S/C20H27NO/c1-2-8-17(9-3-1)13-21-19-11-18(10-16-6-4-5-7-16)12-20(21)15-22-14-19/h1-3,8-9,11,16,19-20H,4-7,10,12-15H2. The molecule has 2 unspecified atom stereocenters. The number of morpholine rings is 1. The number of rotatable bonds is 4. The van der Waals surface area contributed by atoms with Crippen LogP contribution in [0.5, 0.6) is 0 Å². The van der Waals surface area contributed by atoms with E-state index in [2.05, 4.69) is 41.3 Å². The summed E-state index contributed by atoms with van der Waals surface area (Å²) in [5.74, 6) is 0.966. The molecule has 0 amide bonds. The van der Waals surface area contributed by atoms with Crippen molar-refractivity contribution in [3.63, 3.8) is 0 Å². The second-order valence-electron chi connectivity index (χ2n) is 7.30. The average Bonchev–Trinajstić information content (AvgIpc) is 3.02. The zero-order valence-corrected chi connectivity index (χ0v) is 13.4. The fourth-order valence-corrected chi connectivity index (χ4v) is 4.53. The molecule has 0 spiro atoms. The first-order valence-electron chi connectivity index (χ1n) is 8.95. The van der Waals surface area contributed by atoms with Crippen LogP contribution in [0.4, 0.5) is 0 Å². The van der Waals surface area contributed by atoms with E-state index in [9.17, 15) is 0 Å². The Morgan fingerprint density at radius 3 is 2.64 bits per heavy atom. The number of hydrogen-bond donors (Lipinski definition) is 0. The molecule has 4 rings (SSSR count). The first kappa shape index (κ1) is 14.5. The minimum Gasteiger partial charge on any atom is -0.378 e. The topological polar surface area (TPSA) is 12.5 Å². The number of fused-ring (bicyclic) bond motifs is 2. The normalized spacial score (nSPS) is 29.5. The lowest BCUT2D eigenvalue weighted by Crippen LogP contribution is -2.53. The molecule has 1 saturated heterocycles. The zero-order valence-electron chi connectivity index (χ0n) is 13.4. The van der Waals surface area contributed by atoms with Crippen molar-refractivity contribution in [3.8, 4) is 0 Å². The van der Waals surface area contributed by atoms with Gasteiger partial charge in [-0.05, 0) is 24.3 Å². The molecular weight excluding hydrogens is 270 g/mol. The number of nitrogens with zero attached hydrogens (tertiary/aromatic N) is 1. The highest BCUT2D eigenvalue weighted by Crippen LogP contribution is 2.36. The molecule has 1 aromatic carbocycles. The Balaban J connectivity index is 1.47. The van der Waals surface area contributed by atoms with Crippen LogP contribution in [0, 0.1) is 5.92 Å². The smallest absolute Gasteiger partial charge is 0.0658 e. The maximum Gasteiger partial charge on any atom is 0.0658 e. The Morgan fingerprint density at radius 1 is 1.05 bits per heavy atom. The molecule has 2 aliphatic heterocycles. The van der Waals surface area contributed by atoms with E-state index in [1.807, 2.05) is 0 Å². The predicted molar refractivity (Wildman–Crippen MR) is 89.7 cm³/mol. The van der Waals surface area contributed by atoms with E-state index >= 15 is 0 Å². The Labute approximate surface area is 134 Å². The fraction of sp³-hybridized carbons (Fsp3) is 0.600. The highest BCUT2D eigenvalue weighted by Gasteiger charge is 2.35. The fourth-order valence-electron chi connectivity index (χ4n) is 4.53. The van der Waals surface area contributed by atoms with Gasteiger partial charge in [-0.1, -0.05) is 67.7 Å². The van der Waals surface area contributed by atoms with Crippen LogP contribution < -0.4 is 0 Å². The van der Waals surface area contributed by atoms with Gasteiger partial charge in [0.15, 0.2) is 0 Å². The molecule has 1 saturated carbocycles. The summed E-state index contributed by atoms with van der Waals surface area (Å²) in [6, 6.07) is 12.0. The van der Waals surface area contributed by atoms with E-state index in [4.69, 9.17) is 4.74 Å². The van der Waals surface area contributed by atoms with Crippen molar-refractivity contribution in [1.82, 2.24) is 4.90 Å². The number of benzene rings is 1. The summed E-state index contributed by atoms with van der Waals surface area (Å²) in [5, 5.41) is 0. The van der Waals surface area contributed by atoms with Gasteiger partial charge in [0.1, 0.15) is 0 Å². The van der Waals surface area contributed by atoms with E-state index in [1.165, 1.54) is 44.1 Å². The second kappa shape index (κ2) is 6.55. The Kier molecular flexibility index (Phi) is 4.31. The van der Waals surface area contributed by atoms with Crippen LogP contribution in [-0.2, 0) is 11.3 Å². The third-order valence-corrected chi connectivity index (χ3v) is 5.65. The maximum atomic E-state index is 5.84. The zero-order chi connectivity index (χ0) is 14.8. The first-order chi connectivity index (χ1) is 10.9. The third kappa shape index (κ3) is 3.13. The molecule has 0 radical (unpaired) electrons. The summed E-state index contributed by atoms with van der Waals surface area (Å²) < 4.78 is 5.84. The molecule has 1 aromatic rings. The molecule has 2 nitrogen and oxygen atoms in total. The highest BCUT2D eigenvalue weighted by atomic mass is 16.5. The lowest BCUT2D eigenvalue weighted by molar-refractivity contribution is -0.0444. The lowest BCUT2D eigenvalue weighted by atomic mass is 9.87. The van der Waals surface area contributed by atoms with Gasteiger partial charge in [0.25, 0.3) is 0 Å². The van der Waals surface area contributed by atoms with Crippen molar-refractivity contribution in [3.05, 3.63) is 47.5 Å². The molecule has 22 heavy (non-hydrogen) atoms. The molecule has 1 aliphatic carbocycles. The summed E-state index contributed by atoms with van der Waals surface area (Å²) in [4.78, 5) is 2.66. The highest BCUT2D eigenvalue weighted by molar-refractivity contribution is 5.20. The van der Waals surface area contributed by atoms with Gasteiger partial charge in [-0.25, -0.2) is 0 Å². The quantitative estimate of drug-likeness (QED) is 0.774. The summed E-state index contributed by atoms with van der Waals surface area (Å²) in [7, 11) is 0. The minimum absolute atomic E-state index is 0.490. The van der Waals surface area contributed by atoms with Gasteiger partial charge in [-0.15, -0.1) is 0 Å². The largest absolute Gasteiger partial charge is 0.378 e.